The van der Waals surface area contributed by atoms with Crippen LogP contribution in [0.25, 0.3) is 0 Å². The lowest BCUT2D eigenvalue weighted by molar-refractivity contribution is -0.962. The summed E-state index contributed by atoms with van der Waals surface area (Å²) in [5.41, 5.74) is 6.78. The molecule has 0 atom stereocenters. The highest BCUT2D eigenvalue weighted by atomic mass is 16.5. The van der Waals surface area contributed by atoms with Crippen LogP contribution in [0.2, 0.25) is 0 Å². The van der Waals surface area contributed by atoms with Gasteiger partial charge in [-0.3, -0.25) is 0 Å². The minimum atomic E-state index is -0.189. The van der Waals surface area contributed by atoms with Gasteiger partial charge in [-0.1, -0.05) is 148 Å². The summed E-state index contributed by atoms with van der Waals surface area (Å²) in [6, 6.07) is 42.4. The summed E-state index contributed by atoms with van der Waals surface area (Å²) in [6.45, 7) is 7.18. The molecule has 0 N–H and O–H groups in total. The molecule has 0 aromatic heterocycles. The van der Waals surface area contributed by atoms with Crippen molar-refractivity contribution in [2.75, 3.05) is 27.3 Å². The largest absolute Gasteiger partial charge is 0.381 e. The summed E-state index contributed by atoms with van der Waals surface area (Å²) in [6.07, 6.45) is 7.87. The second kappa shape index (κ2) is 15.9. The van der Waals surface area contributed by atoms with E-state index in [9.17, 15) is 0 Å². The number of unbranched alkanes of at least 4 members (excludes halogenated alkanes) is 2. The third-order valence-electron chi connectivity index (χ3n) is 8.86. The Bertz CT molecular complexity index is 1260. The Balaban J connectivity index is 1.68. The first-order valence-corrected chi connectivity index (χ1v) is 16.0. The van der Waals surface area contributed by atoms with Crippen molar-refractivity contribution in [2.24, 2.45) is 5.92 Å². The zero-order valence-corrected chi connectivity index (χ0v) is 26.5. The molecule has 4 aromatic carbocycles. The minimum Gasteiger partial charge on any atom is -0.381 e. The quantitative estimate of drug-likeness (QED) is 0.0920. The Kier molecular flexibility index (Phi) is 12.0. The lowest BCUT2D eigenvalue weighted by Crippen LogP contribution is -2.59. The fourth-order valence-electron chi connectivity index (χ4n) is 6.48. The second-order valence-electron chi connectivity index (χ2n) is 12.9. The van der Waals surface area contributed by atoms with Gasteiger partial charge in [0.25, 0.3) is 0 Å². The molecule has 42 heavy (non-hydrogen) atoms. The van der Waals surface area contributed by atoms with Gasteiger partial charge in [0.2, 0.25) is 0 Å². The van der Waals surface area contributed by atoms with E-state index < -0.39 is 0 Å². The molecular formula is C40H52NO+. The van der Waals surface area contributed by atoms with E-state index in [-0.39, 0.29) is 5.54 Å². The van der Waals surface area contributed by atoms with Gasteiger partial charge in [0.05, 0.1) is 20.7 Å². The molecule has 2 nitrogen and oxygen atoms in total. The van der Waals surface area contributed by atoms with Crippen LogP contribution in [0.5, 0.6) is 0 Å². The van der Waals surface area contributed by atoms with Gasteiger partial charge < -0.3 is 9.22 Å². The Morgan fingerprint density at radius 1 is 0.595 bits per heavy atom. The number of hydrogen-bond acceptors (Lipinski definition) is 1. The van der Waals surface area contributed by atoms with Crippen LogP contribution in [0.15, 0.2) is 115 Å². The van der Waals surface area contributed by atoms with E-state index in [4.69, 9.17) is 4.74 Å². The molecule has 0 aliphatic carbocycles. The number of ether oxygens (including phenoxy) is 1. The summed E-state index contributed by atoms with van der Waals surface area (Å²) in [5, 5.41) is 0. The highest BCUT2D eigenvalue weighted by molar-refractivity contribution is 5.37. The first kappa shape index (κ1) is 31.7. The van der Waals surface area contributed by atoms with E-state index in [2.05, 4.69) is 143 Å². The van der Waals surface area contributed by atoms with E-state index >= 15 is 0 Å². The fourth-order valence-corrected chi connectivity index (χ4v) is 6.48. The Morgan fingerprint density at radius 3 is 1.69 bits per heavy atom. The van der Waals surface area contributed by atoms with Crippen LogP contribution in [0.3, 0.4) is 0 Å². The van der Waals surface area contributed by atoms with Crippen molar-refractivity contribution in [2.45, 2.75) is 70.9 Å². The van der Waals surface area contributed by atoms with Crippen LogP contribution in [-0.2, 0) is 36.1 Å². The first-order chi connectivity index (χ1) is 20.4. The van der Waals surface area contributed by atoms with Crippen molar-refractivity contribution < 1.29 is 9.22 Å². The Hall–Kier alpha value is -3.20. The molecule has 0 saturated heterocycles. The van der Waals surface area contributed by atoms with Crippen LogP contribution in [0.1, 0.15) is 67.3 Å². The predicted molar refractivity (Wildman–Crippen MR) is 178 cm³/mol. The van der Waals surface area contributed by atoms with E-state index in [0.717, 1.165) is 55.8 Å². The van der Waals surface area contributed by atoms with Crippen molar-refractivity contribution in [3.8, 4) is 0 Å². The van der Waals surface area contributed by atoms with Crippen LogP contribution >= 0.6 is 0 Å². The van der Waals surface area contributed by atoms with Crippen molar-refractivity contribution in [1.29, 1.82) is 0 Å². The fraction of sp³-hybridized carbons (Fsp3) is 0.400. The molecule has 0 spiro atoms. The molecule has 0 aliphatic rings. The first-order valence-electron chi connectivity index (χ1n) is 16.0. The van der Waals surface area contributed by atoms with Gasteiger partial charge in [-0.25, -0.2) is 0 Å². The van der Waals surface area contributed by atoms with Crippen molar-refractivity contribution >= 4 is 0 Å². The molecule has 4 rings (SSSR count). The summed E-state index contributed by atoms with van der Waals surface area (Å²) < 4.78 is 7.07. The van der Waals surface area contributed by atoms with Gasteiger partial charge in [-0.15, -0.1) is 0 Å². The molecule has 4 aromatic rings. The number of benzene rings is 4. The number of hydrogen-bond donors (Lipinski definition) is 0. The average Bonchev–Trinajstić information content (AvgIpc) is 2.99. The maximum absolute atomic E-state index is 6.23. The normalized spacial score (nSPS) is 12.1. The molecule has 0 amide bonds. The van der Waals surface area contributed by atoms with E-state index in [0.29, 0.717) is 0 Å². The molecule has 0 bridgehead atoms. The van der Waals surface area contributed by atoms with Gasteiger partial charge in [0.15, 0.2) is 0 Å². The van der Waals surface area contributed by atoms with Crippen molar-refractivity contribution in [3.05, 3.63) is 143 Å². The summed E-state index contributed by atoms with van der Waals surface area (Å²) in [7, 11) is 4.87. The molecule has 0 unspecified atom stereocenters. The van der Waals surface area contributed by atoms with E-state index in [1.54, 1.807) is 0 Å². The van der Waals surface area contributed by atoms with Crippen LogP contribution in [0.4, 0.5) is 0 Å². The predicted octanol–water partition coefficient (Wildman–Crippen LogP) is 9.42. The summed E-state index contributed by atoms with van der Waals surface area (Å²) >= 11 is 0. The van der Waals surface area contributed by atoms with Gasteiger partial charge in [0.1, 0.15) is 12.1 Å². The molecule has 0 aliphatic heterocycles. The zero-order chi connectivity index (χ0) is 29.7. The van der Waals surface area contributed by atoms with Gasteiger partial charge in [0, 0.05) is 30.6 Å². The number of rotatable bonds is 17. The van der Waals surface area contributed by atoms with Gasteiger partial charge >= 0.3 is 0 Å². The molecule has 0 radical (unpaired) electrons. The van der Waals surface area contributed by atoms with Crippen molar-refractivity contribution in [3.63, 3.8) is 0 Å². The van der Waals surface area contributed by atoms with Gasteiger partial charge in [-0.05, 0) is 35.4 Å². The topological polar surface area (TPSA) is 9.23 Å². The molecule has 222 valence electrons. The number of likely N-dealkylation sites (N-methyl/N-ethyl adjacent to an activating group) is 1. The van der Waals surface area contributed by atoms with E-state index in [1.165, 1.54) is 47.1 Å². The molecular weight excluding hydrogens is 510 g/mol. The van der Waals surface area contributed by atoms with Crippen molar-refractivity contribution in [1.82, 2.24) is 0 Å². The standard InChI is InChI=1S/C40H52NO/c1-34(2)19-9-8-18-29-42-30-28-38-26-16-17-27-39(38)40(31-35-20-10-5-11-21-35,32-36-22-12-6-13-23-36)41(3,4)33-37-24-14-7-15-25-37/h5-7,10-17,20-27,34H,8-9,18-19,28-33H2,1-4H3/q+1. The number of nitrogens with zero attached hydrogens (tertiary/aromatic N) is 1. The molecule has 2 heteroatoms. The van der Waals surface area contributed by atoms with Gasteiger partial charge in [-0.2, -0.15) is 0 Å². The molecule has 0 saturated carbocycles. The molecule has 0 fully saturated rings. The highest BCUT2D eigenvalue weighted by Gasteiger charge is 2.48. The molecule has 0 heterocycles. The van der Waals surface area contributed by atoms with Crippen LogP contribution in [0, 0.1) is 5.92 Å². The minimum absolute atomic E-state index is 0.189. The Labute approximate surface area is 256 Å². The highest BCUT2D eigenvalue weighted by Crippen LogP contribution is 2.42. The van der Waals surface area contributed by atoms with Crippen LogP contribution in [-0.4, -0.2) is 31.8 Å². The second-order valence-corrected chi connectivity index (χ2v) is 12.9. The Morgan fingerprint density at radius 2 is 1.12 bits per heavy atom. The lowest BCUT2D eigenvalue weighted by atomic mass is 9.73. The average molecular weight is 563 g/mol. The number of quaternary nitrogens is 1. The zero-order valence-electron chi connectivity index (χ0n) is 26.5. The monoisotopic (exact) mass is 562 g/mol. The lowest BCUT2D eigenvalue weighted by Gasteiger charge is -2.50. The smallest absolute Gasteiger partial charge is 0.133 e. The third-order valence-corrected chi connectivity index (χ3v) is 8.86. The third kappa shape index (κ3) is 8.90. The summed E-state index contributed by atoms with van der Waals surface area (Å²) in [5.74, 6) is 0.791. The van der Waals surface area contributed by atoms with Crippen LogP contribution < -0.4 is 0 Å². The van der Waals surface area contributed by atoms with E-state index in [1.807, 2.05) is 0 Å². The maximum atomic E-state index is 6.23. The SMILES string of the molecule is CC(C)CCCCCOCCc1ccccc1C(Cc1ccccc1)(Cc1ccccc1)[N+](C)(C)Cc1ccccc1. The summed E-state index contributed by atoms with van der Waals surface area (Å²) in [4.78, 5) is 0. The maximum Gasteiger partial charge on any atom is 0.133 e.